The molecule has 36 heavy (non-hydrogen) atoms. The van der Waals surface area contributed by atoms with Crippen molar-refractivity contribution in [2.24, 2.45) is 11.3 Å². The third kappa shape index (κ3) is 2.37. The lowest BCUT2D eigenvalue weighted by atomic mass is 9.53. The molecule has 1 heterocycles. The predicted molar refractivity (Wildman–Crippen MR) is 134 cm³/mol. The van der Waals surface area contributed by atoms with E-state index in [0.29, 0.717) is 27.4 Å². The number of para-hydroxylation sites is 1. The highest BCUT2D eigenvalue weighted by atomic mass is 35.5. The number of allylic oxidation sites excluding steroid dienone is 1. The molecular weight excluding hydrogens is 478 g/mol. The third-order valence-corrected chi connectivity index (χ3v) is 8.09. The Morgan fingerprint density at radius 1 is 0.889 bits per heavy atom. The first-order chi connectivity index (χ1) is 17.3. The number of esters is 1. The van der Waals surface area contributed by atoms with Crippen LogP contribution in [-0.4, -0.2) is 37.6 Å². The van der Waals surface area contributed by atoms with E-state index in [2.05, 4.69) is 0 Å². The number of carbonyl (C=O) groups excluding carboxylic acids is 4. The van der Waals surface area contributed by atoms with E-state index < -0.39 is 40.2 Å². The zero-order chi connectivity index (χ0) is 25.4. The topological polar surface area (TPSA) is 80.8 Å². The lowest BCUT2D eigenvalue weighted by molar-refractivity contribution is -0.149. The second-order valence-electron chi connectivity index (χ2n) is 9.23. The molecule has 3 aromatic carbocycles. The maximum atomic E-state index is 14.6. The highest BCUT2D eigenvalue weighted by molar-refractivity contribution is 6.40. The van der Waals surface area contributed by atoms with Gasteiger partial charge in [0.2, 0.25) is 5.91 Å². The summed E-state index contributed by atoms with van der Waals surface area (Å²) < 4.78 is 5.18. The number of methoxy groups -OCH3 is 1. The smallest absolute Gasteiger partial charge is 0.314 e. The van der Waals surface area contributed by atoms with Crippen molar-refractivity contribution in [3.05, 3.63) is 106 Å². The molecule has 2 spiro atoms. The van der Waals surface area contributed by atoms with Crippen LogP contribution in [0.4, 0.5) is 5.69 Å². The van der Waals surface area contributed by atoms with Crippen LogP contribution in [0.2, 0.25) is 5.02 Å². The Labute approximate surface area is 212 Å². The Balaban J connectivity index is 1.79. The molecule has 0 bridgehead atoms. The number of ketones is 2. The molecule has 1 aliphatic heterocycles. The van der Waals surface area contributed by atoms with Gasteiger partial charge >= 0.3 is 5.97 Å². The fourth-order valence-corrected chi connectivity index (χ4v) is 6.54. The molecule has 178 valence electrons. The molecule has 3 aromatic rings. The zero-order valence-corrected chi connectivity index (χ0v) is 20.2. The van der Waals surface area contributed by atoms with Gasteiger partial charge in [-0.05, 0) is 34.9 Å². The maximum absolute atomic E-state index is 14.6. The van der Waals surface area contributed by atoms with Crippen LogP contribution >= 0.6 is 11.6 Å². The van der Waals surface area contributed by atoms with Crippen LogP contribution in [0.25, 0.3) is 5.57 Å². The normalized spacial score (nSPS) is 23.3. The number of carbonyl (C=O) groups is 4. The molecule has 6 rings (SSSR count). The van der Waals surface area contributed by atoms with E-state index in [9.17, 15) is 19.2 Å². The van der Waals surface area contributed by atoms with Crippen molar-refractivity contribution in [2.75, 3.05) is 19.1 Å². The zero-order valence-electron chi connectivity index (χ0n) is 19.4. The average molecular weight is 498 g/mol. The monoisotopic (exact) mass is 497 g/mol. The van der Waals surface area contributed by atoms with Gasteiger partial charge in [0.1, 0.15) is 10.8 Å². The van der Waals surface area contributed by atoms with Crippen molar-refractivity contribution in [1.29, 1.82) is 0 Å². The Kier molecular flexibility index (Phi) is 4.66. The lowest BCUT2D eigenvalue weighted by Crippen LogP contribution is -2.60. The van der Waals surface area contributed by atoms with E-state index in [1.807, 2.05) is 0 Å². The molecule has 0 aromatic heterocycles. The number of ether oxygens (including phenoxy) is 1. The minimum Gasteiger partial charge on any atom is -0.469 e. The van der Waals surface area contributed by atoms with E-state index >= 15 is 0 Å². The van der Waals surface area contributed by atoms with Crippen LogP contribution in [0.5, 0.6) is 0 Å². The van der Waals surface area contributed by atoms with Crippen molar-refractivity contribution in [2.45, 2.75) is 5.41 Å². The first kappa shape index (κ1) is 22.4. The van der Waals surface area contributed by atoms with Crippen LogP contribution in [0.3, 0.4) is 0 Å². The first-order valence-electron chi connectivity index (χ1n) is 11.4. The number of fused-ring (bicyclic) bond motifs is 4. The molecule has 7 heteroatoms. The average Bonchev–Trinajstić information content (AvgIpc) is 3.43. The van der Waals surface area contributed by atoms with Crippen LogP contribution < -0.4 is 4.90 Å². The summed E-state index contributed by atoms with van der Waals surface area (Å²) >= 11 is 6.14. The van der Waals surface area contributed by atoms with Crippen LogP contribution in [0.15, 0.2) is 78.9 Å². The van der Waals surface area contributed by atoms with Gasteiger partial charge in [-0.25, -0.2) is 0 Å². The summed E-state index contributed by atoms with van der Waals surface area (Å²) in [6.07, 6.45) is 1.57. The number of anilines is 1. The van der Waals surface area contributed by atoms with E-state index in [0.717, 1.165) is 0 Å². The lowest BCUT2D eigenvalue weighted by Gasteiger charge is -2.41. The summed E-state index contributed by atoms with van der Waals surface area (Å²) in [6, 6.07) is 20.2. The van der Waals surface area contributed by atoms with Gasteiger partial charge in [0.25, 0.3) is 0 Å². The summed E-state index contributed by atoms with van der Waals surface area (Å²) in [4.78, 5) is 58.4. The number of rotatable bonds is 2. The van der Waals surface area contributed by atoms with Crippen LogP contribution in [-0.2, 0) is 19.7 Å². The molecule has 2 atom stereocenters. The summed E-state index contributed by atoms with van der Waals surface area (Å²) in [5.74, 6) is -3.43. The first-order valence-corrected chi connectivity index (χ1v) is 11.8. The largest absolute Gasteiger partial charge is 0.469 e. The van der Waals surface area contributed by atoms with Gasteiger partial charge in [-0.2, -0.15) is 0 Å². The van der Waals surface area contributed by atoms with Crippen molar-refractivity contribution >= 4 is 46.3 Å². The number of halogens is 1. The summed E-state index contributed by atoms with van der Waals surface area (Å²) in [5, 5.41) is 0.472. The number of hydrogen-bond acceptors (Lipinski definition) is 5. The highest BCUT2D eigenvalue weighted by Crippen LogP contribution is 2.68. The van der Waals surface area contributed by atoms with E-state index in [1.54, 1.807) is 85.9 Å². The van der Waals surface area contributed by atoms with Crippen molar-refractivity contribution < 1.29 is 23.9 Å². The number of benzene rings is 3. The molecule has 1 amide bonds. The molecule has 0 saturated heterocycles. The van der Waals surface area contributed by atoms with Crippen LogP contribution in [0, 0.1) is 11.3 Å². The number of hydrogen-bond donors (Lipinski definition) is 0. The fourth-order valence-electron chi connectivity index (χ4n) is 6.42. The number of likely N-dealkylation sites (N-methyl/N-ethyl adjacent to an activating group) is 1. The van der Waals surface area contributed by atoms with Crippen LogP contribution in [0.1, 0.15) is 31.8 Å². The minimum atomic E-state index is -2.00. The van der Waals surface area contributed by atoms with E-state index in [-0.39, 0.29) is 11.1 Å². The van der Waals surface area contributed by atoms with Crippen molar-refractivity contribution in [1.82, 2.24) is 0 Å². The summed E-state index contributed by atoms with van der Waals surface area (Å²) in [6.45, 7) is 0. The molecule has 0 saturated carbocycles. The standard InChI is InChI=1S/C29H20ClNO5/c1-31-23-10-6-5-9-20(23)28(27(31)35)22(26(34)36-2)15-21(16-11-13-17(30)14-12-16)29(28)24(32)18-7-3-4-8-19(18)25(29)33/h3-15,22H,1-2H3/t22-,28+/m0/s1. The predicted octanol–water partition coefficient (Wildman–Crippen LogP) is 4.51. The molecule has 0 radical (unpaired) electrons. The Morgan fingerprint density at radius 2 is 1.47 bits per heavy atom. The number of amides is 1. The Bertz CT molecular complexity index is 1500. The van der Waals surface area contributed by atoms with Gasteiger partial charge in [-0.15, -0.1) is 0 Å². The minimum absolute atomic E-state index is 0.229. The molecule has 2 aliphatic carbocycles. The molecule has 0 unspecified atom stereocenters. The van der Waals surface area contributed by atoms with E-state index in [1.165, 1.54) is 12.0 Å². The molecule has 0 fully saturated rings. The summed E-state index contributed by atoms with van der Waals surface area (Å²) in [7, 11) is 2.83. The maximum Gasteiger partial charge on any atom is 0.314 e. The van der Waals surface area contributed by atoms with Gasteiger partial charge in [-0.1, -0.05) is 72.3 Å². The molecular formula is C29H20ClNO5. The molecule has 3 aliphatic rings. The van der Waals surface area contributed by atoms with Crippen molar-refractivity contribution in [3.8, 4) is 0 Å². The second kappa shape index (κ2) is 7.48. The fraction of sp³-hybridized carbons (Fsp3) is 0.172. The third-order valence-electron chi connectivity index (χ3n) is 7.84. The van der Waals surface area contributed by atoms with Gasteiger partial charge < -0.3 is 9.64 Å². The second-order valence-corrected chi connectivity index (χ2v) is 9.67. The quantitative estimate of drug-likeness (QED) is 0.384. The summed E-state index contributed by atoms with van der Waals surface area (Å²) in [5.41, 5.74) is -1.58. The van der Waals surface area contributed by atoms with Gasteiger partial charge in [-0.3, -0.25) is 19.2 Å². The molecule has 0 N–H and O–H groups in total. The number of Topliss-reactive ketones (excluding diaryl/α,β-unsaturated/α-hetero) is 2. The van der Waals surface area contributed by atoms with Crippen molar-refractivity contribution in [3.63, 3.8) is 0 Å². The SMILES string of the molecule is COC(=O)[C@@H]1C=C(c2ccc(Cl)cc2)C2(C(=O)c3ccccc3C2=O)[C@@]12C(=O)N(C)c1ccccc12. The Morgan fingerprint density at radius 3 is 2.08 bits per heavy atom. The van der Waals surface area contributed by atoms with Gasteiger partial charge in [0.05, 0.1) is 13.0 Å². The highest BCUT2D eigenvalue weighted by Gasteiger charge is 2.79. The molecule has 6 nitrogen and oxygen atoms in total. The van der Waals surface area contributed by atoms with Gasteiger partial charge in [0.15, 0.2) is 11.6 Å². The Hall–Kier alpha value is -4.03. The van der Waals surface area contributed by atoms with E-state index in [4.69, 9.17) is 16.3 Å². The number of nitrogens with zero attached hydrogens (tertiary/aromatic N) is 1. The van der Waals surface area contributed by atoms with Gasteiger partial charge in [0, 0.05) is 28.9 Å².